The van der Waals surface area contributed by atoms with Crippen molar-refractivity contribution in [3.63, 3.8) is 0 Å². The fraction of sp³-hybridized carbons (Fsp3) is 0.125. The first-order valence-corrected chi connectivity index (χ1v) is 11.8. The fourth-order valence-corrected chi connectivity index (χ4v) is 4.42. The van der Waals surface area contributed by atoms with E-state index in [2.05, 4.69) is 35.7 Å². The first-order valence-electron chi connectivity index (χ1n) is 11.4. The molecular formula is C24H19ClF2N11+. The third-order valence-electron chi connectivity index (χ3n) is 6.12. The van der Waals surface area contributed by atoms with Crippen molar-refractivity contribution >= 4 is 11.6 Å². The van der Waals surface area contributed by atoms with Crippen molar-refractivity contribution in [1.82, 2.24) is 49.6 Å². The molecule has 0 amide bonds. The second-order valence-electron chi connectivity index (χ2n) is 8.52. The minimum atomic E-state index is -0.600. The zero-order valence-corrected chi connectivity index (χ0v) is 20.6. The van der Waals surface area contributed by atoms with Crippen molar-refractivity contribution in [1.29, 1.82) is 0 Å². The molecule has 38 heavy (non-hydrogen) atoms. The molecule has 0 spiro atoms. The predicted molar refractivity (Wildman–Crippen MR) is 131 cm³/mol. The molecule has 0 radical (unpaired) electrons. The Hall–Kier alpha value is -4.78. The highest BCUT2D eigenvalue weighted by Crippen LogP contribution is 2.32. The van der Waals surface area contributed by atoms with Crippen LogP contribution in [0, 0.1) is 11.6 Å². The van der Waals surface area contributed by atoms with Crippen LogP contribution in [0.4, 0.5) is 8.78 Å². The van der Waals surface area contributed by atoms with Crippen molar-refractivity contribution in [2.75, 3.05) is 0 Å². The van der Waals surface area contributed by atoms with Crippen LogP contribution in [0.3, 0.4) is 0 Å². The average Bonchev–Trinajstić information content (AvgIpc) is 3.73. The number of H-pyrrole nitrogens is 1. The molecular weight excluding hydrogens is 516 g/mol. The van der Waals surface area contributed by atoms with Crippen LogP contribution in [0.5, 0.6) is 0 Å². The summed E-state index contributed by atoms with van der Waals surface area (Å²) in [7, 11) is 1.89. The van der Waals surface area contributed by atoms with E-state index in [4.69, 9.17) is 11.6 Å². The highest BCUT2D eigenvalue weighted by Gasteiger charge is 2.23. The normalized spacial score (nSPS) is 12.2. The highest BCUT2D eigenvalue weighted by atomic mass is 35.5. The van der Waals surface area contributed by atoms with E-state index in [1.54, 1.807) is 47.8 Å². The quantitative estimate of drug-likeness (QED) is 0.315. The van der Waals surface area contributed by atoms with Crippen LogP contribution in [0.1, 0.15) is 11.7 Å². The van der Waals surface area contributed by atoms with Crippen molar-refractivity contribution < 1.29 is 13.5 Å². The van der Waals surface area contributed by atoms with Gasteiger partial charge in [-0.25, -0.2) is 13.8 Å². The predicted octanol–water partition coefficient (Wildman–Crippen LogP) is 3.16. The standard InChI is InChI=1S/C24H18ClF2N11/c1-35-13-28-9-21(35)16-7-32-37(10-16)22(12-36-11-17(26)8-31-36)19-4-2-15(6-29-19)23-20(38-14-30-33-34-38)5-3-18(25)24(23)27/h2-11,13-14,22H,12H2,1H3/p+1/t22-/m0/s1. The lowest BCUT2D eigenvalue weighted by Gasteiger charge is -2.18. The Morgan fingerprint density at radius 1 is 1.03 bits per heavy atom. The summed E-state index contributed by atoms with van der Waals surface area (Å²) in [6.45, 7) is 0.259. The van der Waals surface area contributed by atoms with E-state index < -0.39 is 17.7 Å². The molecule has 190 valence electrons. The third kappa shape index (κ3) is 4.32. The van der Waals surface area contributed by atoms with Crippen molar-refractivity contribution in [2.45, 2.75) is 12.6 Å². The zero-order chi connectivity index (χ0) is 26.2. The lowest BCUT2D eigenvalue weighted by Crippen LogP contribution is -2.33. The number of benzene rings is 1. The maximum absolute atomic E-state index is 15.2. The summed E-state index contributed by atoms with van der Waals surface area (Å²) in [4.78, 5) is 8.81. The molecule has 11 nitrogen and oxygen atoms in total. The van der Waals surface area contributed by atoms with E-state index in [9.17, 15) is 4.39 Å². The van der Waals surface area contributed by atoms with Crippen molar-refractivity contribution in [3.8, 4) is 28.1 Å². The third-order valence-corrected chi connectivity index (χ3v) is 6.41. The van der Waals surface area contributed by atoms with Gasteiger partial charge < -0.3 is 4.57 Å². The van der Waals surface area contributed by atoms with Crippen LogP contribution in [-0.2, 0) is 13.6 Å². The van der Waals surface area contributed by atoms with E-state index in [1.165, 1.54) is 28.0 Å². The van der Waals surface area contributed by atoms with Gasteiger partial charge in [0.1, 0.15) is 16.8 Å². The molecule has 1 aromatic carbocycles. The van der Waals surface area contributed by atoms with Crippen LogP contribution >= 0.6 is 11.6 Å². The molecule has 0 unspecified atom stereocenters. The number of aromatic nitrogens is 11. The minimum Gasteiger partial charge on any atom is -0.334 e. The van der Waals surface area contributed by atoms with Gasteiger partial charge in [0.2, 0.25) is 0 Å². The van der Waals surface area contributed by atoms with Gasteiger partial charge in [-0.1, -0.05) is 22.9 Å². The Morgan fingerprint density at radius 2 is 1.92 bits per heavy atom. The van der Waals surface area contributed by atoms with Gasteiger partial charge in [0.25, 0.3) is 6.33 Å². The molecule has 5 heterocycles. The topological polar surface area (TPSA) is 112 Å². The number of halogens is 3. The van der Waals surface area contributed by atoms with Gasteiger partial charge in [0, 0.05) is 30.6 Å². The molecule has 0 aliphatic heterocycles. The van der Waals surface area contributed by atoms with Crippen LogP contribution in [0.25, 0.3) is 28.1 Å². The smallest absolute Gasteiger partial charge is 0.293 e. The second kappa shape index (κ2) is 9.59. The monoisotopic (exact) mass is 534 g/mol. The first-order chi connectivity index (χ1) is 18.5. The lowest BCUT2D eigenvalue weighted by atomic mass is 10.0. The second-order valence-corrected chi connectivity index (χ2v) is 8.93. The summed E-state index contributed by atoms with van der Waals surface area (Å²) in [5, 5.41) is 18.7. The van der Waals surface area contributed by atoms with Gasteiger partial charge in [-0.2, -0.15) is 10.2 Å². The van der Waals surface area contributed by atoms with Gasteiger partial charge in [0.05, 0.1) is 59.6 Å². The number of hydrogen-bond donors (Lipinski definition) is 1. The van der Waals surface area contributed by atoms with Crippen molar-refractivity contribution in [3.05, 3.63) is 96.5 Å². The van der Waals surface area contributed by atoms with E-state index in [1.807, 2.05) is 17.8 Å². The molecule has 0 saturated heterocycles. The van der Waals surface area contributed by atoms with Crippen LogP contribution in [0.15, 0.2) is 74.1 Å². The average molecular weight is 535 g/mol. The summed E-state index contributed by atoms with van der Waals surface area (Å²) in [6, 6.07) is 6.19. The van der Waals surface area contributed by atoms with Gasteiger partial charge >= 0.3 is 0 Å². The number of pyridine rings is 1. The number of nitrogens with one attached hydrogen (secondary N) is 1. The SMILES string of the molecule is Cn1cncc1-c1cnn([C@@H](Cn2cc(F)cn2)c2ccc(-c3c(-[n+]4cnn[nH]4)ccc(Cl)c3F)cn2)c1. The Kier molecular flexibility index (Phi) is 5.96. The van der Waals surface area contributed by atoms with Gasteiger partial charge in [-0.05, 0) is 18.2 Å². The molecule has 0 aliphatic rings. The van der Waals surface area contributed by atoms with E-state index in [0.29, 0.717) is 16.9 Å². The summed E-state index contributed by atoms with van der Waals surface area (Å²) >= 11 is 6.10. The zero-order valence-electron chi connectivity index (χ0n) is 19.8. The molecule has 0 fully saturated rings. The number of nitrogens with zero attached hydrogens (tertiary/aromatic N) is 10. The van der Waals surface area contributed by atoms with E-state index >= 15 is 4.39 Å². The Bertz CT molecular complexity index is 1700. The van der Waals surface area contributed by atoms with Crippen LogP contribution < -0.4 is 4.68 Å². The molecule has 1 atom stereocenters. The molecule has 0 bridgehead atoms. The Labute approximate surface area is 219 Å². The van der Waals surface area contributed by atoms with Gasteiger partial charge in [-0.15, -0.1) is 4.68 Å². The molecule has 14 heteroatoms. The number of rotatable bonds is 7. The number of imidazole rings is 1. The van der Waals surface area contributed by atoms with Crippen molar-refractivity contribution in [2.24, 2.45) is 7.05 Å². The fourth-order valence-electron chi connectivity index (χ4n) is 4.26. The summed E-state index contributed by atoms with van der Waals surface area (Å²) in [6.07, 6.45) is 12.5. The Balaban J connectivity index is 1.40. The number of aryl methyl sites for hydroxylation is 1. The summed E-state index contributed by atoms with van der Waals surface area (Å²) < 4.78 is 35.5. The minimum absolute atomic E-state index is 0.0290. The number of tetrazole rings is 1. The summed E-state index contributed by atoms with van der Waals surface area (Å²) in [5.41, 5.74) is 3.54. The largest absolute Gasteiger partial charge is 0.334 e. The number of hydrogen-bond acceptors (Lipinski definition) is 6. The maximum Gasteiger partial charge on any atom is 0.293 e. The molecule has 1 N–H and O–H groups in total. The van der Waals surface area contributed by atoms with Crippen LogP contribution in [-0.4, -0.2) is 49.6 Å². The molecule has 6 aromatic rings. The highest BCUT2D eigenvalue weighted by molar-refractivity contribution is 6.31. The Morgan fingerprint density at radius 3 is 2.61 bits per heavy atom. The van der Waals surface area contributed by atoms with E-state index in [0.717, 1.165) is 17.5 Å². The first kappa shape index (κ1) is 23.6. The van der Waals surface area contributed by atoms with Crippen LogP contribution in [0.2, 0.25) is 5.02 Å². The lowest BCUT2D eigenvalue weighted by molar-refractivity contribution is -0.659. The summed E-state index contributed by atoms with van der Waals surface area (Å²) in [5.74, 6) is -1.05. The molecule has 0 aliphatic carbocycles. The maximum atomic E-state index is 15.2. The number of aromatic amines is 1. The van der Waals surface area contributed by atoms with E-state index in [-0.39, 0.29) is 17.1 Å². The molecule has 5 aromatic heterocycles. The van der Waals surface area contributed by atoms with Gasteiger partial charge in [0.15, 0.2) is 16.8 Å². The van der Waals surface area contributed by atoms with Gasteiger partial charge in [-0.3, -0.25) is 14.3 Å². The molecule has 0 saturated carbocycles. The molecule has 6 rings (SSSR count).